The average molecular weight is 581 g/mol. The number of phenolic OH excluding ortho intramolecular Hbond substituents is 2. The molecule has 11 atom stereocenters. The molecule has 0 saturated carbocycles. The largest absolute Gasteiger partial charge is 0.508 e. The highest BCUT2D eigenvalue weighted by Gasteiger charge is 2.51. The summed E-state index contributed by atoms with van der Waals surface area (Å²) in [6.07, 6.45) is -16.0. The predicted molar refractivity (Wildman–Crippen MR) is 134 cm³/mol. The number of aromatic hydroxyl groups is 2. The van der Waals surface area contributed by atoms with E-state index < -0.39 is 85.7 Å². The molecule has 2 saturated heterocycles. The fourth-order valence-corrected chi connectivity index (χ4v) is 5.07. The third-order valence-electron chi connectivity index (χ3n) is 7.42. The summed E-state index contributed by atoms with van der Waals surface area (Å²) in [5, 5.41) is 81.6. The predicted octanol–water partition coefficient (Wildman–Crippen LogP) is -1.17. The lowest BCUT2D eigenvalue weighted by atomic mass is 9.95. The zero-order valence-electron chi connectivity index (χ0n) is 21.8. The molecule has 14 nitrogen and oxygen atoms in total. The Morgan fingerprint density at radius 3 is 2.27 bits per heavy atom. The Labute approximate surface area is 233 Å². The summed E-state index contributed by atoms with van der Waals surface area (Å²) in [6, 6.07) is 8.50. The van der Waals surface area contributed by atoms with Crippen LogP contribution in [-0.4, -0.2) is 115 Å². The number of benzene rings is 2. The summed E-state index contributed by atoms with van der Waals surface area (Å²) < 4.78 is 28.6. The molecule has 5 rings (SSSR count). The molecule has 0 spiro atoms. The zero-order valence-corrected chi connectivity index (χ0v) is 21.8. The van der Waals surface area contributed by atoms with Crippen LogP contribution in [0.25, 0.3) is 0 Å². The van der Waals surface area contributed by atoms with Gasteiger partial charge in [-0.05, 0) is 24.6 Å². The van der Waals surface area contributed by atoms with Crippen molar-refractivity contribution < 1.29 is 69.3 Å². The molecule has 41 heavy (non-hydrogen) atoms. The van der Waals surface area contributed by atoms with Crippen molar-refractivity contribution in [2.75, 3.05) is 6.61 Å². The van der Waals surface area contributed by atoms with E-state index in [-0.39, 0.29) is 29.2 Å². The number of phenols is 2. The van der Waals surface area contributed by atoms with E-state index >= 15 is 0 Å². The molecule has 0 aromatic heterocycles. The molecule has 0 radical (unpaired) electrons. The van der Waals surface area contributed by atoms with Crippen LogP contribution in [0.2, 0.25) is 0 Å². The Bertz CT molecular complexity index is 1240. The maximum Gasteiger partial charge on any atom is 0.229 e. The maximum atomic E-state index is 12.9. The van der Waals surface area contributed by atoms with Crippen LogP contribution in [0.5, 0.6) is 23.0 Å². The second-order valence-electron chi connectivity index (χ2n) is 10.2. The molecular formula is C27H32O14. The third-order valence-corrected chi connectivity index (χ3v) is 7.42. The van der Waals surface area contributed by atoms with Crippen molar-refractivity contribution in [1.29, 1.82) is 0 Å². The Hall–Kier alpha value is -3.05. The van der Waals surface area contributed by atoms with E-state index in [4.69, 9.17) is 23.7 Å². The molecule has 0 unspecified atom stereocenters. The van der Waals surface area contributed by atoms with Gasteiger partial charge in [0, 0.05) is 12.1 Å². The van der Waals surface area contributed by atoms with Gasteiger partial charge in [-0.1, -0.05) is 12.1 Å². The molecule has 3 heterocycles. The van der Waals surface area contributed by atoms with Gasteiger partial charge in [-0.3, -0.25) is 4.79 Å². The highest BCUT2D eigenvalue weighted by Crippen LogP contribution is 2.43. The van der Waals surface area contributed by atoms with Gasteiger partial charge in [-0.2, -0.15) is 0 Å². The minimum absolute atomic E-state index is 0.0149. The van der Waals surface area contributed by atoms with Crippen LogP contribution in [0, 0.1) is 0 Å². The normalized spacial score (nSPS) is 37.2. The molecular weight excluding hydrogens is 548 g/mol. The molecule has 224 valence electrons. The number of ether oxygens (including phenoxy) is 5. The Morgan fingerprint density at radius 1 is 0.878 bits per heavy atom. The zero-order chi connectivity index (χ0) is 29.6. The van der Waals surface area contributed by atoms with E-state index in [1.165, 1.54) is 25.1 Å². The number of carbonyl (C=O) groups excluding carboxylic acids is 1. The van der Waals surface area contributed by atoms with Gasteiger partial charge in [0.15, 0.2) is 18.2 Å². The van der Waals surface area contributed by atoms with Crippen LogP contribution in [0.15, 0.2) is 36.4 Å². The molecule has 2 aromatic rings. The van der Waals surface area contributed by atoms with E-state index in [0.717, 1.165) is 6.07 Å². The molecule has 0 bridgehead atoms. The second kappa shape index (κ2) is 11.7. The molecule has 2 aromatic carbocycles. The van der Waals surface area contributed by atoms with Gasteiger partial charge in [0.25, 0.3) is 0 Å². The lowest BCUT2D eigenvalue weighted by molar-refractivity contribution is -0.354. The first-order valence-electron chi connectivity index (χ1n) is 13.0. The van der Waals surface area contributed by atoms with Crippen LogP contribution in [-0.2, 0) is 14.2 Å². The molecule has 0 aliphatic carbocycles. The van der Waals surface area contributed by atoms with Crippen molar-refractivity contribution in [2.45, 2.75) is 80.9 Å². The third kappa shape index (κ3) is 5.70. The summed E-state index contributed by atoms with van der Waals surface area (Å²) in [4.78, 5) is 12.9. The monoisotopic (exact) mass is 580 g/mol. The van der Waals surface area contributed by atoms with E-state index in [1.807, 2.05) is 0 Å². The number of fused-ring (bicyclic) bond motifs is 1. The summed E-state index contributed by atoms with van der Waals surface area (Å²) in [5.41, 5.74) is 0.529. The number of hydrogen-bond acceptors (Lipinski definition) is 14. The van der Waals surface area contributed by atoms with Gasteiger partial charge in [0.05, 0.1) is 19.1 Å². The van der Waals surface area contributed by atoms with Crippen molar-refractivity contribution in [3.63, 3.8) is 0 Å². The SMILES string of the molecule is C[C@H]1O[C@@H](O[C@@H]2[C@@H](Oc3cc(O)c4c(c3)O[C@H](c3ccc(O)cc3)CC4=O)O[C@@H](CO)[C@H](O)[C@H]2O)[C@H](O)[C@@H](O)[C@H]1O. The number of rotatable bonds is 6. The fourth-order valence-electron chi connectivity index (χ4n) is 5.07. The van der Waals surface area contributed by atoms with Crippen molar-refractivity contribution in [2.24, 2.45) is 0 Å². The lowest BCUT2D eigenvalue weighted by Crippen LogP contribution is -2.64. The number of carbonyl (C=O) groups is 1. The van der Waals surface area contributed by atoms with Gasteiger partial charge in [-0.25, -0.2) is 0 Å². The topological polar surface area (TPSA) is 225 Å². The number of aliphatic hydroxyl groups excluding tert-OH is 6. The van der Waals surface area contributed by atoms with Gasteiger partial charge in [0.1, 0.15) is 71.3 Å². The summed E-state index contributed by atoms with van der Waals surface area (Å²) in [6.45, 7) is 0.716. The highest BCUT2D eigenvalue weighted by molar-refractivity contribution is 6.02. The summed E-state index contributed by atoms with van der Waals surface area (Å²) in [5.74, 6) is -0.947. The van der Waals surface area contributed by atoms with Crippen molar-refractivity contribution >= 4 is 5.78 Å². The summed E-state index contributed by atoms with van der Waals surface area (Å²) in [7, 11) is 0. The van der Waals surface area contributed by atoms with Crippen molar-refractivity contribution in [1.82, 2.24) is 0 Å². The van der Waals surface area contributed by atoms with Gasteiger partial charge >= 0.3 is 0 Å². The number of hydrogen-bond donors (Lipinski definition) is 8. The minimum atomic E-state index is -1.75. The molecule has 3 aliphatic heterocycles. The van der Waals surface area contributed by atoms with Gasteiger partial charge in [0.2, 0.25) is 6.29 Å². The standard InChI is InChI=1S/C27H32O14/c1-10-20(32)22(34)24(36)26(37-10)41-25-23(35)21(33)18(9-28)40-27(25)38-13-6-14(30)19-15(31)8-16(39-17(19)7-13)11-2-4-12(29)5-3-11/h2-7,10,16,18,20-30,32-36H,8-9H2,1H3/t10-,16+,18+,20+,21+,22+,23-,24-,25+,26+,27+/m1/s1. The lowest BCUT2D eigenvalue weighted by Gasteiger charge is -2.45. The first kappa shape index (κ1) is 29.4. The van der Waals surface area contributed by atoms with E-state index in [0.29, 0.717) is 5.56 Å². The molecule has 8 N–H and O–H groups in total. The van der Waals surface area contributed by atoms with Crippen LogP contribution in [0.3, 0.4) is 0 Å². The first-order valence-corrected chi connectivity index (χ1v) is 13.0. The quantitative estimate of drug-likeness (QED) is 0.202. The first-order chi connectivity index (χ1) is 19.5. The number of aliphatic hydroxyl groups is 6. The van der Waals surface area contributed by atoms with Crippen molar-refractivity contribution in [3.05, 3.63) is 47.5 Å². The van der Waals surface area contributed by atoms with E-state index in [2.05, 4.69) is 0 Å². The van der Waals surface area contributed by atoms with Crippen LogP contribution < -0.4 is 9.47 Å². The maximum absolute atomic E-state index is 12.9. The minimum Gasteiger partial charge on any atom is -0.508 e. The van der Waals surface area contributed by atoms with Crippen LogP contribution in [0.4, 0.5) is 0 Å². The Morgan fingerprint density at radius 2 is 1.59 bits per heavy atom. The van der Waals surface area contributed by atoms with Crippen molar-refractivity contribution in [3.8, 4) is 23.0 Å². The van der Waals surface area contributed by atoms with Gasteiger partial charge < -0.3 is 64.5 Å². The molecule has 14 heteroatoms. The Balaban J connectivity index is 1.41. The smallest absolute Gasteiger partial charge is 0.229 e. The van der Waals surface area contributed by atoms with E-state index in [9.17, 15) is 45.6 Å². The highest BCUT2D eigenvalue weighted by atomic mass is 16.8. The second-order valence-corrected chi connectivity index (χ2v) is 10.2. The average Bonchev–Trinajstić information content (AvgIpc) is 2.94. The molecule has 2 fully saturated rings. The van der Waals surface area contributed by atoms with E-state index in [1.54, 1.807) is 12.1 Å². The van der Waals surface area contributed by atoms with Crippen LogP contribution in [0.1, 0.15) is 35.4 Å². The Kier molecular flexibility index (Phi) is 8.39. The summed E-state index contributed by atoms with van der Waals surface area (Å²) >= 11 is 0. The molecule has 3 aliphatic rings. The molecule has 0 amide bonds. The number of ketones is 1. The van der Waals surface area contributed by atoms with Crippen LogP contribution >= 0.6 is 0 Å². The number of Topliss-reactive ketones (excluding diaryl/α,β-unsaturated/α-hetero) is 1. The van der Waals surface area contributed by atoms with Gasteiger partial charge in [-0.15, -0.1) is 0 Å². The fraction of sp³-hybridized carbons (Fsp3) is 0.519.